The third-order valence-corrected chi connectivity index (χ3v) is 6.84. The van der Waals surface area contributed by atoms with Crippen LogP contribution in [0.15, 0.2) is 30.0 Å². The molecule has 28 heavy (non-hydrogen) atoms. The van der Waals surface area contributed by atoms with E-state index in [0.29, 0.717) is 11.5 Å². The van der Waals surface area contributed by atoms with Gasteiger partial charge in [0.2, 0.25) is 0 Å². The molecule has 4 heterocycles. The molecule has 0 saturated carbocycles. The van der Waals surface area contributed by atoms with Crippen LogP contribution < -0.4 is 4.74 Å². The van der Waals surface area contributed by atoms with E-state index >= 15 is 0 Å². The number of carbonyl (C=O) groups is 1. The molecule has 0 bridgehead atoms. The number of rotatable bonds is 2. The number of esters is 1. The normalized spacial score (nSPS) is 29.2. The van der Waals surface area contributed by atoms with Crippen molar-refractivity contribution in [2.24, 2.45) is 11.8 Å². The molecule has 1 aromatic heterocycles. The minimum Gasteiger partial charge on any atom is -0.497 e. The molecular formula is C22H26N2O4. The SMILES string of the molecule is COC(=O)C1=CO[C@@H](C)C2CN3CCc4c([nH]c5cc(OC)ccc45)C3CC12. The van der Waals surface area contributed by atoms with Crippen LogP contribution in [0.3, 0.4) is 0 Å². The molecule has 3 aliphatic rings. The van der Waals surface area contributed by atoms with Crippen molar-refractivity contribution in [1.82, 2.24) is 9.88 Å². The maximum absolute atomic E-state index is 12.3. The molecule has 0 aliphatic carbocycles. The van der Waals surface area contributed by atoms with Crippen molar-refractivity contribution in [3.8, 4) is 5.75 Å². The highest BCUT2D eigenvalue weighted by Gasteiger charge is 2.46. The van der Waals surface area contributed by atoms with E-state index in [2.05, 4.69) is 28.9 Å². The van der Waals surface area contributed by atoms with Crippen molar-refractivity contribution in [2.75, 3.05) is 27.3 Å². The fraction of sp³-hybridized carbons (Fsp3) is 0.500. The number of aromatic nitrogens is 1. The summed E-state index contributed by atoms with van der Waals surface area (Å²) < 4.78 is 16.2. The van der Waals surface area contributed by atoms with Crippen molar-refractivity contribution in [3.05, 3.63) is 41.3 Å². The van der Waals surface area contributed by atoms with E-state index in [0.717, 1.165) is 37.2 Å². The Hall–Kier alpha value is -2.47. The molecule has 1 saturated heterocycles. The molecule has 1 aromatic carbocycles. The lowest BCUT2D eigenvalue weighted by atomic mass is 9.72. The molecule has 5 rings (SSSR count). The fourth-order valence-corrected chi connectivity index (χ4v) is 5.35. The van der Waals surface area contributed by atoms with Gasteiger partial charge in [0.1, 0.15) is 5.75 Å². The number of aromatic amines is 1. The van der Waals surface area contributed by atoms with Crippen LogP contribution >= 0.6 is 0 Å². The highest BCUT2D eigenvalue weighted by atomic mass is 16.5. The monoisotopic (exact) mass is 382 g/mol. The molecule has 0 radical (unpaired) electrons. The summed E-state index contributed by atoms with van der Waals surface area (Å²) in [6.07, 6.45) is 3.67. The number of ether oxygens (including phenoxy) is 3. The van der Waals surface area contributed by atoms with Gasteiger partial charge in [-0.05, 0) is 37.5 Å². The Balaban J connectivity index is 1.54. The molecular weight excluding hydrogens is 356 g/mol. The molecule has 148 valence electrons. The summed E-state index contributed by atoms with van der Waals surface area (Å²) in [5.41, 5.74) is 4.49. The van der Waals surface area contributed by atoms with E-state index in [1.165, 1.54) is 23.8 Å². The fourth-order valence-electron chi connectivity index (χ4n) is 5.35. The van der Waals surface area contributed by atoms with Gasteiger partial charge in [-0.2, -0.15) is 0 Å². The van der Waals surface area contributed by atoms with E-state index in [1.807, 2.05) is 6.07 Å². The van der Waals surface area contributed by atoms with Gasteiger partial charge in [-0.15, -0.1) is 0 Å². The molecule has 4 atom stereocenters. The number of carbonyl (C=O) groups excluding carboxylic acids is 1. The number of hydrogen-bond acceptors (Lipinski definition) is 5. The lowest BCUT2D eigenvalue weighted by molar-refractivity contribution is -0.139. The van der Waals surface area contributed by atoms with Gasteiger partial charge in [0.25, 0.3) is 0 Å². The number of H-pyrrole nitrogens is 1. The molecule has 2 aromatic rings. The second kappa shape index (κ2) is 6.55. The maximum atomic E-state index is 12.3. The highest BCUT2D eigenvalue weighted by molar-refractivity contribution is 5.89. The number of nitrogens with zero attached hydrogens (tertiary/aromatic N) is 1. The van der Waals surface area contributed by atoms with Gasteiger partial charge in [-0.25, -0.2) is 4.79 Å². The Labute approximate surface area is 164 Å². The molecule has 6 heteroatoms. The second-order valence-electron chi connectivity index (χ2n) is 8.10. The Morgan fingerprint density at radius 1 is 1.32 bits per heavy atom. The van der Waals surface area contributed by atoms with Gasteiger partial charge in [0, 0.05) is 47.6 Å². The van der Waals surface area contributed by atoms with Crippen molar-refractivity contribution in [3.63, 3.8) is 0 Å². The zero-order valence-corrected chi connectivity index (χ0v) is 16.5. The lowest BCUT2D eigenvalue weighted by Crippen LogP contribution is -2.51. The minimum atomic E-state index is -0.271. The van der Waals surface area contributed by atoms with Crippen LogP contribution in [0.2, 0.25) is 0 Å². The number of methoxy groups -OCH3 is 2. The largest absolute Gasteiger partial charge is 0.497 e. The first-order valence-electron chi connectivity index (χ1n) is 9.97. The number of hydrogen-bond donors (Lipinski definition) is 1. The van der Waals surface area contributed by atoms with Crippen LogP contribution in [0.1, 0.15) is 30.6 Å². The summed E-state index contributed by atoms with van der Waals surface area (Å²) in [7, 11) is 3.13. The van der Waals surface area contributed by atoms with Crippen molar-refractivity contribution in [1.29, 1.82) is 0 Å². The average Bonchev–Trinajstić information content (AvgIpc) is 3.10. The van der Waals surface area contributed by atoms with Crippen LogP contribution in [-0.4, -0.2) is 49.3 Å². The Morgan fingerprint density at radius 2 is 2.18 bits per heavy atom. The van der Waals surface area contributed by atoms with Crippen LogP contribution in [0.25, 0.3) is 10.9 Å². The molecule has 6 nitrogen and oxygen atoms in total. The Morgan fingerprint density at radius 3 is 2.96 bits per heavy atom. The number of nitrogens with one attached hydrogen (secondary N) is 1. The average molecular weight is 382 g/mol. The predicted molar refractivity (Wildman–Crippen MR) is 105 cm³/mol. The first-order chi connectivity index (χ1) is 13.6. The van der Waals surface area contributed by atoms with Crippen molar-refractivity contribution < 1.29 is 19.0 Å². The molecule has 1 fully saturated rings. The minimum absolute atomic E-state index is 0.104. The predicted octanol–water partition coefficient (Wildman–Crippen LogP) is 3.19. The van der Waals surface area contributed by atoms with Crippen LogP contribution in [0, 0.1) is 11.8 Å². The topological polar surface area (TPSA) is 63.8 Å². The number of fused-ring (bicyclic) bond motifs is 6. The van der Waals surface area contributed by atoms with E-state index in [-0.39, 0.29) is 24.0 Å². The summed E-state index contributed by atoms with van der Waals surface area (Å²) in [5, 5.41) is 1.28. The second-order valence-corrected chi connectivity index (χ2v) is 8.10. The zero-order chi connectivity index (χ0) is 19.4. The van der Waals surface area contributed by atoms with E-state index in [4.69, 9.17) is 14.2 Å². The smallest absolute Gasteiger partial charge is 0.337 e. The highest BCUT2D eigenvalue weighted by Crippen LogP contribution is 2.47. The van der Waals surface area contributed by atoms with Gasteiger partial charge in [-0.1, -0.05) is 0 Å². The van der Waals surface area contributed by atoms with E-state index in [1.54, 1.807) is 13.4 Å². The Kier molecular flexibility index (Phi) is 4.12. The first-order valence-corrected chi connectivity index (χ1v) is 9.97. The molecule has 1 N–H and O–H groups in total. The summed E-state index contributed by atoms with van der Waals surface area (Å²) >= 11 is 0. The third kappa shape index (κ3) is 2.54. The summed E-state index contributed by atoms with van der Waals surface area (Å²) in [4.78, 5) is 18.6. The molecule has 3 aliphatic heterocycles. The van der Waals surface area contributed by atoms with Crippen LogP contribution in [0.4, 0.5) is 0 Å². The van der Waals surface area contributed by atoms with E-state index < -0.39 is 0 Å². The molecule has 0 spiro atoms. The standard InChI is InChI=1S/C22H26N2O4/c1-12-17-10-24-7-6-15-14-5-4-13(26-2)8-19(14)23-21(15)20(24)9-16(17)18(11-28-12)22(25)27-3/h4-5,8,11-12,16-17,20,23H,6-7,9-10H2,1-3H3/t12-,16?,17?,20?/m0/s1. The third-order valence-electron chi connectivity index (χ3n) is 6.84. The van der Waals surface area contributed by atoms with Gasteiger partial charge >= 0.3 is 5.97 Å². The van der Waals surface area contributed by atoms with Crippen LogP contribution in [0.5, 0.6) is 5.75 Å². The van der Waals surface area contributed by atoms with Gasteiger partial charge in [0.15, 0.2) is 0 Å². The summed E-state index contributed by atoms with van der Waals surface area (Å²) in [5.74, 6) is 1.05. The number of benzene rings is 1. The molecule has 0 amide bonds. The summed E-state index contributed by atoms with van der Waals surface area (Å²) in [6, 6.07) is 6.53. The van der Waals surface area contributed by atoms with Crippen LogP contribution in [-0.2, 0) is 20.7 Å². The van der Waals surface area contributed by atoms with Crippen molar-refractivity contribution >= 4 is 16.9 Å². The zero-order valence-electron chi connectivity index (χ0n) is 16.5. The first kappa shape index (κ1) is 17.6. The van der Waals surface area contributed by atoms with Gasteiger partial charge in [0.05, 0.1) is 38.2 Å². The maximum Gasteiger partial charge on any atom is 0.337 e. The number of piperidine rings is 1. The summed E-state index contributed by atoms with van der Waals surface area (Å²) in [6.45, 7) is 4.07. The molecule has 3 unspecified atom stereocenters. The van der Waals surface area contributed by atoms with Crippen molar-refractivity contribution in [2.45, 2.75) is 31.9 Å². The quantitative estimate of drug-likeness (QED) is 0.809. The lowest BCUT2D eigenvalue weighted by Gasteiger charge is -2.49. The Bertz CT molecular complexity index is 963. The van der Waals surface area contributed by atoms with E-state index in [9.17, 15) is 4.79 Å². The van der Waals surface area contributed by atoms with Gasteiger partial charge in [-0.3, -0.25) is 4.90 Å². The van der Waals surface area contributed by atoms with Gasteiger partial charge < -0.3 is 19.2 Å².